The molecule has 90 valence electrons. The third-order valence-electron chi connectivity index (χ3n) is 2.88. The molecule has 0 saturated carbocycles. The largest absolute Gasteiger partial charge is 0.378 e. The Hall–Kier alpha value is -1.64. The summed E-state index contributed by atoms with van der Waals surface area (Å²) in [7, 11) is 1.71. The van der Waals surface area contributed by atoms with Crippen LogP contribution in [0, 0.1) is 18.3 Å². The van der Waals surface area contributed by atoms with Crippen molar-refractivity contribution in [3.05, 3.63) is 23.4 Å². The predicted molar refractivity (Wildman–Crippen MR) is 64.8 cm³/mol. The quantitative estimate of drug-likeness (QED) is 0.801. The van der Waals surface area contributed by atoms with Crippen LogP contribution >= 0.6 is 0 Å². The van der Waals surface area contributed by atoms with Crippen molar-refractivity contribution in [2.75, 3.05) is 25.5 Å². The Morgan fingerprint density at radius 3 is 3.06 bits per heavy atom. The Kier molecular flexibility index (Phi) is 3.57. The lowest BCUT2D eigenvalue weighted by molar-refractivity contribution is 0.111. The highest BCUT2D eigenvalue weighted by Gasteiger charge is 2.26. The normalized spacial score (nSPS) is 23.4. The molecule has 1 saturated heterocycles. The topological polar surface area (TPSA) is 70.0 Å². The van der Waals surface area contributed by atoms with Gasteiger partial charge in [0, 0.05) is 25.9 Å². The zero-order valence-corrected chi connectivity index (χ0v) is 10.0. The van der Waals surface area contributed by atoms with Crippen LogP contribution < -0.4 is 10.6 Å². The van der Waals surface area contributed by atoms with Gasteiger partial charge in [-0.2, -0.15) is 5.26 Å². The molecule has 2 heterocycles. The van der Waals surface area contributed by atoms with Crippen LogP contribution in [0.25, 0.3) is 0 Å². The number of hydrogen-bond acceptors (Lipinski definition) is 5. The molecule has 1 fully saturated rings. The van der Waals surface area contributed by atoms with Crippen molar-refractivity contribution in [2.24, 2.45) is 0 Å². The molecule has 1 aliphatic rings. The minimum atomic E-state index is 0.142. The Bertz CT molecular complexity index is 441. The molecule has 5 nitrogen and oxygen atoms in total. The smallest absolute Gasteiger partial charge is 0.127 e. The first kappa shape index (κ1) is 11.8. The van der Waals surface area contributed by atoms with Crippen LogP contribution in [0.3, 0.4) is 0 Å². The number of nitrogens with one attached hydrogen (secondary N) is 2. The first-order valence-electron chi connectivity index (χ1n) is 5.62. The van der Waals surface area contributed by atoms with Gasteiger partial charge in [-0.05, 0) is 19.1 Å². The van der Waals surface area contributed by atoms with Crippen molar-refractivity contribution in [3.63, 3.8) is 0 Å². The Morgan fingerprint density at radius 2 is 2.35 bits per heavy atom. The van der Waals surface area contributed by atoms with Gasteiger partial charge in [0.1, 0.15) is 5.82 Å². The van der Waals surface area contributed by atoms with Crippen molar-refractivity contribution in [2.45, 2.75) is 19.1 Å². The number of aryl methyl sites for hydroxylation is 1. The van der Waals surface area contributed by atoms with Crippen molar-refractivity contribution in [3.8, 4) is 6.07 Å². The maximum absolute atomic E-state index is 8.90. The molecule has 0 radical (unpaired) electrons. The number of nitrogens with zero attached hydrogens (tertiary/aromatic N) is 2. The fourth-order valence-electron chi connectivity index (χ4n) is 2.04. The first-order valence-corrected chi connectivity index (χ1v) is 5.62. The lowest BCUT2D eigenvalue weighted by Crippen LogP contribution is -2.33. The zero-order valence-electron chi connectivity index (χ0n) is 10.0. The number of pyridine rings is 1. The summed E-state index contributed by atoms with van der Waals surface area (Å²) < 4.78 is 5.36. The predicted octanol–water partition coefficient (Wildman–Crippen LogP) is 0.660. The molecule has 2 N–H and O–H groups in total. The molecule has 0 aliphatic carbocycles. The summed E-state index contributed by atoms with van der Waals surface area (Å²) in [6.07, 6.45) is 0.142. The molecule has 1 aliphatic heterocycles. The van der Waals surface area contributed by atoms with Crippen molar-refractivity contribution >= 4 is 5.82 Å². The molecular formula is C12H16N4O. The number of ether oxygens (including phenoxy) is 1. The maximum atomic E-state index is 8.90. The van der Waals surface area contributed by atoms with E-state index in [9.17, 15) is 0 Å². The number of rotatable bonds is 3. The molecular weight excluding hydrogens is 216 g/mol. The van der Waals surface area contributed by atoms with E-state index in [-0.39, 0.29) is 12.1 Å². The first-order chi connectivity index (χ1) is 8.22. The maximum Gasteiger partial charge on any atom is 0.127 e. The molecule has 0 bridgehead atoms. The molecule has 1 aromatic rings. The highest BCUT2D eigenvalue weighted by Crippen LogP contribution is 2.14. The second kappa shape index (κ2) is 5.13. The molecule has 5 heteroatoms. The standard InChI is InChI=1S/C12H16N4O/c1-8-3-9(5-13)4-12(15-8)16-10-6-14-7-11(10)17-2/h3-4,10-11,14H,6-7H2,1-2H3,(H,15,16)/t10?,11-/m0/s1. The van der Waals surface area contributed by atoms with E-state index in [0.717, 1.165) is 24.6 Å². The van der Waals surface area contributed by atoms with E-state index in [1.54, 1.807) is 19.2 Å². The van der Waals surface area contributed by atoms with Gasteiger partial charge in [0.15, 0.2) is 0 Å². The Labute approximate surface area is 101 Å². The van der Waals surface area contributed by atoms with Crippen LogP contribution in [0.5, 0.6) is 0 Å². The SMILES string of the molecule is CO[C@H]1CNCC1Nc1cc(C#N)cc(C)n1. The van der Waals surface area contributed by atoms with E-state index in [4.69, 9.17) is 10.00 Å². The van der Waals surface area contributed by atoms with Gasteiger partial charge in [-0.3, -0.25) is 0 Å². The summed E-state index contributed by atoms with van der Waals surface area (Å²) in [4.78, 5) is 4.37. The zero-order chi connectivity index (χ0) is 12.3. The molecule has 2 atom stereocenters. The fourth-order valence-corrected chi connectivity index (χ4v) is 2.04. The third kappa shape index (κ3) is 2.73. The molecule has 1 aromatic heterocycles. The third-order valence-corrected chi connectivity index (χ3v) is 2.88. The number of methoxy groups -OCH3 is 1. The molecule has 0 spiro atoms. The van der Waals surface area contributed by atoms with Gasteiger partial charge in [0.2, 0.25) is 0 Å². The summed E-state index contributed by atoms with van der Waals surface area (Å²) in [5.41, 5.74) is 1.46. The van der Waals surface area contributed by atoms with Crippen molar-refractivity contribution in [1.82, 2.24) is 10.3 Å². The summed E-state index contributed by atoms with van der Waals surface area (Å²) in [6.45, 7) is 3.56. The van der Waals surface area contributed by atoms with E-state index in [2.05, 4.69) is 21.7 Å². The van der Waals surface area contributed by atoms with Gasteiger partial charge in [-0.25, -0.2) is 4.98 Å². The highest BCUT2D eigenvalue weighted by molar-refractivity contribution is 5.45. The summed E-state index contributed by atoms with van der Waals surface area (Å²) in [5.74, 6) is 0.734. The molecule has 17 heavy (non-hydrogen) atoms. The van der Waals surface area contributed by atoms with Crippen LogP contribution in [0.4, 0.5) is 5.82 Å². The highest BCUT2D eigenvalue weighted by atomic mass is 16.5. The van der Waals surface area contributed by atoms with Gasteiger partial charge in [0.05, 0.1) is 23.8 Å². The van der Waals surface area contributed by atoms with Crippen LogP contribution in [-0.2, 0) is 4.74 Å². The van der Waals surface area contributed by atoms with Gasteiger partial charge in [0.25, 0.3) is 0 Å². The summed E-state index contributed by atoms with van der Waals surface area (Å²) in [5, 5.41) is 15.5. The molecule has 1 unspecified atom stereocenters. The summed E-state index contributed by atoms with van der Waals surface area (Å²) >= 11 is 0. The average Bonchev–Trinajstić information content (AvgIpc) is 2.75. The van der Waals surface area contributed by atoms with Gasteiger partial charge >= 0.3 is 0 Å². The Balaban J connectivity index is 2.13. The fraction of sp³-hybridized carbons (Fsp3) is 0.500. The van der Waals surface area contributed by atoms with Crippen LogP contribution in [-0.4, -0.2) is 37.3 Å². The van der Waals surface area contributed by atoms with E-state index in [1.165, 1.54) is 0 Å². The average molecular weight is 232 g/mol. The minimum Gasteiger partial charge on any atom is -0.378 e. The Morgan fingerprint density at radius 1 is 1.53 bits per heavy atom. The number of anilines is 1. The van der Waals surface area contributed by atoms with E-state index >= 15 is 0 Å². The second-order valence-corrected chi connectivity index (χ2v) is 4.18. The lowest BCUT2D eigenvalue weighted by Gasteiger charge is -2.19. The van der Waals surface area contributed by atoms with E-state index < -0.39 is 0 Å². The molecule has 0 amide bonds. The minimum absolute atomic E-state index is 0.142. The van der Waals surface area contributed by atoms with Gasteiger partial charge < -0.3 is 15.4 Å². The van der Waals surface area contributed by atoms with Crippen molar-refractivity contribution in [1.29, 1.82) is 5.26 Å². The van der Waals surface area contributed by atoms with E-state index in [0.29, 0.717) is 5.56 Å². The van der Waals surface area contributed by atoms with Crippen LogP contribution in [0.1, 0.15) is 11.3 Å². The second-order valence-electron chi connectivity index (χ2n) is 4.18. The number of hydrogen-bond donors (Lipinski definition) is 2. The number of aromatic nitrogens is 1. The monoisotopic (exact) mass is 232 g/mol. The van der Waals surface area contributed by atoms with Crippen LogP contribution in [0.15, 0.2) is 12.1 Å². The molecule has 0 aromatic carbocycles. The lowest BCUT2D eigenvalue weighted by atomic mass is 10.2. The number of nitriles is 1. The van der Waals surface area contributed by atoms with E-state index in [1.807, 2.05) is 6.92 Å². The molecule has 2 rings (SSSR count). The van der Waals surface area contributed by atoms with Gasteiger partial charge in [-0.1, -0.05) is 0 Å². The van der Waals surface area contributed by atoms with Crippen molar-refractivity contribution < 1.29 is 4.74 Å². The summed E-state index contributed by atoms with van der Waals surface area (Å²) in [6, 6.07) is 5.86. The van der Waals surface area contributed by atoms with Gasteiger partial charge in [-0.15, -0.1) is 0 Å². The van der Waals surface area contributed by atoms with Crippen LogP contribution in [0.2, 0.25) is 0 Å².